The molecule has 1 N–H and O–H groups in total. The lowest BCUT2D eigenvalue weighted by molar-refractivity contribution is -0.137. The van der Waals surface area contributed by atoms with Crippen LogP contribution >= 0.6 is 24.0 Å². The van der Waals surface area contributed by atoms with Crippen LogP contribution in [0.15, 0.2) is 0 Å². The van der Waals surface area contributed by atoms with Gasteiger partial charge in [0, 0.05) is 6.54 Å². The second-order valence-electron chi connectivity index (χ2n) is 2.91. The van der Waals surface area contributed by atoms with E-state index in [9.17, 15) is 9.59 Å². The van der Waals surface area contributed by atoms with Crippen molar-refractivity contribution in [3.8, 4) is 0 Å². The molecule has 1 rings (SSSR count). The van der Waals surface area contributed by atoms with Crippen molar-refractivity contribution in [2.45, 2.75) is 25.0 Å². The van der Waals surface area contributed by atoms with Gasteiger partial charge in [0.25, 0.3) is 0 Å². The molecule has 0 aromatic carbocycles. The molecule has 0 aromatic heterocycles. The fourth-order valence-corrected chi connectivity index (χ4v) is 2.64. The molecule has 14 heavy (non-hydrogen) atoms. The number of carboxylic acids is 1. The number of carbonyl (C=O) groups is 2. The summed E-state index contributed by atoms with van der Waals surface area (Å²) in [5.41, 5.74) is 0. The largest absolute Gasteiger partial charge is 0.481 e. The van der Waals surface area contributed by atoms with Crippen molar-refractivity contribution in [2.75, 3.05) is 6.54 Å². The maximum absolute atomic E-state index is 11.6. The third-order valence-corrected chi connectivity index (χ3v) is 3.68. The number of thioether (sulfide) groups is 1. The lowest BCUT2D eigenvalue weighted by Crippen LogP contribution is -2.33. The minimum absolute atomic E-state index is 0.0521. The highest BCUT2D eigenvalue weighted by Crippen LogP contribution is 2.29. The summed E-state index contributed by atoms with van der Waals surface area (Å²) in [5.74, 6) is -0.964. The lowest BCUT2D eigenvalue weighted by Gasteiger charge is -2.13. The monoisotopic (exact) mass is 233 g/mol. The molecule has 1 aliphatic rings. The van der Waals surface area contributed by atoms with Gasteiger partial charge in [0.2, 0.25) is 5.91 Å². The van der Waals surface area contributed by atoms with Crippen LogP contribution in [0, 0.1) is 0 Å². The maximum Gasteiger partial charge on any atom is 0.305 e. The Labute approximate surface area is 91.6 Å². The van der Waals surface area contributed by atoms with Crippen LogP contribution in [0.3, 0.4) is 0 Å². The van der Waals surface area contributed by atoms with Crippen LogP contribution in [0.5, 0.6) is 0 Å². The molecule has 0 aromatic rings. The predicted octanol–water partition coefficient (Wildman–Crippen LogP) is 1.10. The van der Waals surface area contributed by atoms with Crippen LogP contribution in [-0.4, -0.2) is 38.0 Å². The van der Waals surface area contributed by atoms with Crippen molar-refractivity contribution in [3.63, 3.8) is 0 Å². The van der Waals surface area contributed by atoms with E-state index in [1.165, 1.54) is 16.7 Å². The first kappa shape index (κ1) is 11.5. The van der Waals surface area contributed by atoms with Gasteiger partial charge in [-0.25, -0.2) is 0 Å². The van der Waals surface area contributed by atoms with Crippen LogP contribution in [0.1, 0.15) is 19.8 Å². The summed E-state index contributed by atoms with van der Waals surface area (Å²) in [5, 5.41) is 8.37. The van der Waals surface area contributed by atoms with Crippen LogP contribution < -0.4 is 0 Å². The van der Waals surface area contributed by atoms with Gasteiger partial charge >= 0.3 is 5.97 Å². The number of carboxylic acid groups (broad SMARTS) is 1. The SMILES string of the molecule is CC[C@H]1SC(=S)N(CCC(=O)O)C1=O. The Morgan fingerprint density at radius 2 is 2.36 bits per heavy atom. The average molecular weight is 233 g/mol. The molecule has 78 valence electrons. The number of hydrogen-bond donors (Lipinski definition) is 1. The molecule has 1 fully saturated rings. The summed E-state index contributed by atoms with van der Waals surface area (Å²) in [4.78, 5) is 23.3. The zero-order chi connectivity index (χ0) is 10.7. The molecule has 0 bridgehead atoms. The summed E-state index contributed by atoms with van der Waals surface area (Å²) >= 11 is 6.34. The van der Waals surface area contributed by atoms with E-state index in [0.717, 1.165) is 6.42 Å². The molecule has 6 heteroatoms. The Morgan fingerprint density at radius 3 is 2.79 bits per heavy atom. The zero-order valence-electron chi connectivity index (χ0n) is 7.73. The minimum atomic E-state index is -0.912. The summed E-state index contributed by atoms with van der Waals surface area (Å²) < 4.78 is 0.503. The van der Waals surface area contributed by atoms with Crippen molar-refractivity contribution in [3.05, 3.63) is 0 Å². The Bertz CT molecular complexity index is 280. The van der Waals surface area contributed by atoms with E-state index in [2.05, 4.69) is 0 Å². The van der Waals surface area contributed by atoms with Crippen molar-refractivity contribution in [2.24, 2.45) is 0 Å². The molecule has 1 aliphatic heterocycles. The van der Waals surface area contributed by atoms with Gasteiger partial charge in [0.05, 0.1) is 11.7 Å². The highest BCUT2D eigenvalue weighted by atomic mass is 32.2. The number of amides is 1. The summed E-state index contributed by atoms with van der Waals surface area (Å²) in [6, 6.07) is 0. The van der Waals surface area contributed by atoms with E-state index in [0.29, 0.717) is 4.32 Å². The van der Waals surface area contributed by atoms with Crippen LogP contribution in [-0.2, 0) is 9.59 Å². The molecule has 1 heterocycles. The minimum Gasteiger partial charge on any atom is -0.481 e. The van der Waals surface area contributed by atoms with E-state index in [1.54, 1.807) is 0 Å². The third-order valence-electron chi connectivity index (χ3n) is 1.92. The van der Waals surface area contributed by atoms with Gasteiger partial charge in [-0.05, 0) is 6.42 Å². The second kappa shape index (κ2) is 4.75. The standard InChI is InChI=1S/C8H11NO3S2/c1-2-5-7(12)9(8(13)14-5)4-3-6(10)11/h5H,2-4H2,1H3,(H,10,11)/t5-/m1/s1. The van der Waals surface area contributed by atoms with Gasteiger partial charge in [0.15, 0.2) is 0 Å². The van der Waals surface area contributed by atoms with E-state index in [4.69, 9.17) is 17.3 Å². The molecule has 1 amide bonds. The summed E-state index contributed by atoms with van der Waals surface area (Å²) in [6.07, 6.45) is 0.677. The first-order valence-corrected chi connectivity index (χ1v) is 5.58. The van der Waals surface area contributed by atoms with E-state index in [1.807, 2.05) is 6.92 Å². The Hall–Kier alpha value is -0.620. The second-order valence-corrected chi connectivity index (χ2v) is 4.75. The average Bonchev–Trinajstić information content (AvgIpc) is 2.39. The Morgan fingerprint density at radius 1 is 1.71 bits per heavy atom. The first-order chi connectivity index (χ1) is 6.56. The highest BCUT2D eigenvalue weighted by Gasteiger charge is 2.35. The maximum atomic E-state index is 11.6. The molecule has 1 saturated heterocycles. The van der Waals surface area contributed by atoms with E-state index < -0.39 is 5.97 Å². The molecule has 1 atom stereocenters. The van der Waals surface area contributed by atoms with Gasteiger partial charge in [-0.2, -0.15) is 0 Å². The highest BCUT2D eigenvalue weighted by molar-refractivity contribution is 8.24. The zero-order valence-corrected chi connectivity index (χ0v) is 9.36. The molecular weight excluding hydrogens is 222 g/mol. The molecule has 0 saturated carbocycles. The molecule has 0 aliphatic carbocycles. The number of aliphatic carboxylic acids is 1. The number of thiocarbonyl (C=S) groups is 1. The Balaban J connectivity index is 2.56. The van der Waals surface area contributed by atoms with Crippen LogP contribution in [0.4, 0.5) is 0 Å². The summed E-state index contributed by atoms with van der Waals surface area (Å²) in [6.45, 7) is 2.11. The van der Waals surface area contributed by atoms with E-state index >= 15 is 0 Å². The molecule has 0 radical (unpaired) electrons. The normalized spacial score (nSPS) is 21.8. The predicted molar refractivity (Wildman–Crippen MR) is 58.2 cm³/mol. The smallest absolute Gasteiger partial charge is 0.305 e. The first-order valence-electron chi connectivity index (χ1n) is 4.30. The number of nitrogens with zero attached hydrogens (tertiary/aromatic N) is 1. The molecule has 0 spiro atoms. The van der Waals surface area contributed by atoms with Crippen LogP contribution in [0.25, 0.3) is 0 Å². The van der Waals surface area contributed by atoms with Crippen molar-refractivity contribution in [1.82, 2.24) is 4.90 Å². The van der Waals surface area contributed by atoms with Crippen molar-refractivity contribution in [1.29, 1.82) is 0 Å². The third kappa shape index (κ3) is 2.45. The quantitative estimate of drug-likeness (QED) is 0.737. The number of carbonyl (C=O) groups excluding carboxylic acids is 1. The molecule has 4 nitrogen and oxygen atoms in total. The molecule has 0 unspecified atom stereocenters. The molecular formula is C8H11NO3S2. The van der Waals surface area contributed by atoms with Gasteiger partial charge in [-0.1, -0.05) is 30.9 Å². The number of rotatable bonds is 4. The van der Waals surface area contributed by atoms with Gasteiger partial charge < -0.3 is 5.11 Å². The van der Waals surface area contributed by atoms with Gasteiger partial charge in [0.1, 0.15) is 4.32 Å². The van der Waals surface area contributed by atoms with Crippen LogP contribution in [0.2, 0.25) is 0 Å². The fourth-order valence-electron chi connectivity index (χ4n) is 1.17. The lowest BCUT2D eigenvalue weighted by atomic mass is 10.3. The van der Waals surface area contributed by atoms with Gasteiger partial charge in [-0.15, -0.1) is 0 Å². The van der Waals surface area contributed by atoms with E-state index in [-0.39, 0.29) is 24.1 Å². The topological polar surface area (TPSA) is 57.6 Å². The Kier molecular flexibility index (Phi) is 3.88. The van der Waals surface area contributed by atoms with Crippen molar-refractivity contribution >= 4 is 40.2 Å². The number of hydrogen-bond acceptors (Lipinski definition) is 4. The van der Waals surface area contributed by atoms with Crippen molar-refractivity contribution < 1.29 is 14.7 Å². The fraction of sp³-hybridized carbons (Fsp3) is 0.625. The van der Waals surface area contributed by atoms with Gasteiger partial charge in [-0.3, -0.25) is 14.5 Å². The summed E-state index contributed by atoms with van der Waals surface area (Å²) in [7, 11) is 0.